The molecule has 0 rings (SSSR count). The van der Waals surface area contributed by atoms with Gasteiger partial charge in [-0.05, 0) is 43.4 Å². The van der Waals surface area contributed by atoms with Crippen molar-refractivity contribution in [2.75, 3.05) is 39.6 Å². The lowest BCUT2D eigenvalue weighted by Crippen LogP contribution is -2.30. The van der Waals surface area contributed by atoms with Gasteiger partial charge >= 0.3 is 39.5 Å². The van der Waals surface area contributed by atoms with Crippen LogP contribution in [0.25, 0.3) is 0 Å². The van der Waals surface area contributed by atoms with Gasteiger partial charge in [0, 0.05) is 25.7 Å². The zero-order valence-electron chi connectivity index (χ0n) is 62.8. The number of carbonyl (C=O) groups excluding carboxylic acids is 4. The summed E-state index contributed by atoms with van der Waals surface area (Å²) in [5.74, 6) is 0.110. The molecule has 0 bridgehead atoms. The van der Waals surface area contributed by atoms with Gasteiger partial charge in [0.1, 0.15) is 19.3 Å². The number of phosphoric ester groups is 2. The summed E-state index contributed by atoms with van der Waals surface area (Å²) in [5, 5.41) is 10.6. The van der Waals surface area contributed by atoms with E-state index in [1.54, 1.807) is 0 Å². The molecule has 0 aliphatic carbocycles. The molecule has 7 atom stereocenters. The fourth-order valence-electron chi connectivity index (χ4n) is 11.7. The standard InChI is InChI=1S/C77H150O17P2/c1-8-11-12-13-14-15-16-17-18-19-20-21-22-23-24-25-30-33-36-46-53-60-76(81)93-72(64-87-74(79)58-51-44-35-32-29-27-26-28-31-34-41-48-55-68(4)5)66-91-95(83,84)89-62-71(78)63-90-96(85,86)92-67-73(94-77(82)61-54-47-40-38-43-50-57-70(7)10-3)65-88-75(80)59-52-45-39-37-42-49-56-69(6)9-2/h68-73,78H,8-67H2,1-7H3,(H,83,84)(H,85,86)/t69?,70?,71-,72-,73-/m1/s1. The van der Waals surface area contributed by atoms with E-state index in [2.05, 4.69) is 48.5 Å². The van der Waals surface area contributed by atoms with Gasteiger partial charge in [-0.1, -0.05) is 344 Å². The summed E-state index contributed by atoms with van der Waals surface area (Å²) >= 11 is 0. The van der Waals surface area contributed by atoms with Crippen molar-refractivity contribution in [3.63, 3.8) is 0 Å². The minimum absolute atomic E-state index is 0.102. The summed E-state index contributed by atoms with van der Waals surface area (Å²) in [6.07, 6.45) is 54.4. The summed E-state index contributed by atoms with van der Waals surface area (Å²) in [4.78, 5) is 72.8. The highest BCUT2D eigenvalue weighted by Crippen LogP contribution is 2.45. The molecule has 0 aliphatic rings. The number of aliphatic hydroxyl groups excluding tert-OH is 1. The van der Waals surface area contributed by atoms with Crippen LogP contribution in [0.5, 0.6) is 0 Å². The number of ether oxygens (including phenoxy) is 4. The molecule has 17 nitrogen and oxygen atoms in total. The predicted molar refractivity (Wildman–Crippen MR) is 391 cm³/mol. The Morgan fingerprint density at radius 3 is 0.792 bits per heavy atom. The maximum Gasteiger partial charge on any atom is 0.472 e. The van der Waals surface area contributed by atoms with Crippen molar-refractivity contribution in [2.24, 2.45) is 17.8 Å². The summed E-state index contributed by atoms with van der Waals surface area (Å²) in [6, 6.07) is 0. The summed E-state index contributed by atoms with van der Waals surface area (Å²) in [7, 11) is -9.91. The summed E-state index contributed by atoms with van der Waals surface area (Å²) in [6.45, 7) is 11.8. The normalized spacial score (nSPS) is 14.6. The van der Waals surface area contributed by atoms with Gasteiger partial charge < -0.3 is 33.8 Å². The molecule has 0 aromatic heterocycles. The fourth-order valence-corrected chi connectivity index (χ4v) is 13.3. The first-order chi connectivity index (χ1) is 46.3. The zero-order valence-corrected chi connectivity index (χ0v) is 64.6. The second-order valence-corrected chi connectivity index (χ2v) is 31.6. The number of carbonyl (C=O) groups is 4. The molecular weight excluding hydrogens is 1260 g/mol. The van der Waals surface area contributed by atoms with Crippen LogP contribution < -0.4 is 0 Å². The molecular formula is C77H150O17P2. The smallest absolute Gasteiger partial charge is 0.462 e. The van der Waals surface area contributed by atoms with Crippen molar-refractivity contribution in [1.82, 2.24) is 0 Å². The molecule has 0 fully saturated rings. The van der Waals surface area contributed by atoms with Crippen molar-refractivity contribution in [3.05, 3.63) is 0 Å². The Bertz CT molecular complexity index is 1870. The van der Waals surface area contributed by atoms with Crippen LogP contribution in [0.15, 0.2) is 0 Å². The molecule has 3 N–H and O–H groups in total. The van der Waals surface area contributed by atoms with Crippen molar-refractivity contribution < 1.29 is 80.2 Å². The van der Waals surface area contributed by atoms with Gasteiger partial charge in [-0.25, -0.2) is 9.13 Å². The van der Waals surface area contributed by atoms with Gasteiger partial charge in [-0.15, -0.1) is 0 Å². The van der Waals surface area contributed by atoms with Crippen molar-refractivity contribution in [2.45, 2.75) is 414 Å². The summed E-state index contributed by atoms with van der Waals surface area (Å²) in [5.41, 5.74) is 0. The van der Waals surface area contributed by atoms with Crippen molar-refractivity contribution in [3.8, 4) is 0 Å². The van der Waals surface area contributed by atoms with Gasteiger partial charge in [0.2, 0.25) is 0 Å². The van der Waals surface area contributed by atoms with Crippen molar-refractivity contribution in [1.29, 1.82) is 0 Å². The summed E-state index contributed by atoms with van der Waals surface area (Å²) < 4.78 is 68.5. The number of aliphatic hydroxyl groups is 1. The van der Waals surface area contributed by atoms with E-state index >= 15 is 0 Å². The average molecular weight is 1410 g/mol. The molecule has 0 aromatic carbocycles. The first-order valence-corrected chi connectivity index (χ1v) is 42.9. The van der Waals surface area contributed by atoms with Crippen LogP contribution in [0.3, 0.4) is 0 Å². The number of phosphoric acid groups is 2. The molecule has 0 aromatic rings. The Morgan fingerprint density at radius 2 is 0.531 bits per heavy atom. The Morgan fingerprint density at radius 1 is 0.302 bits per heavy atom. The van der Waals surface area contributed by atoms with E-state index in [0.717, 1.165) is 114 Å². The molecule has 0 aliphatic heterocycles. The molecule has 19 heteroatoms. The second-order valence-electron chi connectivity index (χ2n) is 28.7. The van der Waals surface area contributed by atoms with Gasteiger partial charge in [-0.3, -0.25) is 37.3 Å². The fraction of sp³-hybridized carbons (Fsp3) is 0.948. The predicted octanol–water partition coefficient (Wildman–Crippen LogP) is 22.6. The molecule has 0 radical (unpaired) electrons. The third-order valence-corrected chi connectivity index (χ3v) is 20.5. The molecule has 0 heterocycles. The van der Waals surface area contributed by atoms with Crippen LogP contribution in [-0.2, 0) is 65.4 Å². The van der Waals surface area contributed by atoms with E-state index in [0.29, 0.717) is 25.7 Å². The maximum atomic E-state index is 13.1. The maximum absolute atomic E-state index is 13.1. The first-order valence-electron chi connectivity index (χ1n) is 39.9. The topological polar surface area (TPSA) is 237 Å². The first kappa shape index (κ1) is 94.1. The Kier molecular flexibility index (Phi) is 66.2. The van der Waals surface area contributed by atoms with E-state index in [1.807, 2.05) is 0 Å². The minimum Gasteiger partial charge on any atom is -0.462 e. The third kappa shape index (κ3) is 67.9. The minimum atomic E-state index is -4.96. The van der Waals surface area contributed by atoms with Gasteiger partial charge in [-0.2, -0.15) is 0 Å². The lowest BCUT2D eigenvalue weighted by Gasteiger charge is -2.21. The Balaban J connectivity index is 5.20. The van der Waals surface area contributed by atoms with Crippen LogP contribution in [0.4, 0.5) is 0 Å². The van der Waals surface area contributed by atoms with Crippen LogP contribution in [-0.4, -0.2) is 96.7 Å². The van der Waals surface area contributed by atoms with Crippen LogP contribution in [0.2, 0.25) is 0 Å². The SMILES string of the molecule is CCCCCCCCCCCCCCCCCCCCCCCC(=O)O[C@H](COC(=O)CCCCCCCCCCCCCCC(C)C)COP(=O)(O)OC[C@@H](O)COP(=O)(O)OC[C@@H](COC(=O)CCCCCCCCC(C)CC)OC(=O)CCCCCCCCC(C)CC. The lowest BCUT2D eigenvalue weighted by atomic mass is 10.00. The largest absolute Gasteiger partial charge is 0.472 e. The molecule has 96 heavy (non-hydrogen) atoms. The second kappa shape index (κ2) is 67.5. The number of unbranched alkanes of at least 4 members (excludes halogenated alkanes) is 41. The molecule has 0 saturated carbocycles. The van der Waals surface area contributed by atoms with Gasteiger partial charge in [0.25, 0.3) is 0 Å². The van der Waals surface area contributed by atoms with E-state index in [-0.39, 0.29) is 25.7 Å². The van der Waals surface area contributed by atoms with E-state index in [9.17, 15) is 43.2 Å². The molecule has 0 spiro atoms. The number of esters is 4. The monoisotopic (exact) mass is 1410 g/mol. The van der Waals surface area contributed by atoms with E-state index in [4.69, 9.17) is 37.0 Å². The van der Waals surface area contributed by atoms with Crippen LogP contribution >= 0.6 is 15.6 Å². The van der Waals surface area contributed by atoms with Gasteiger partial charge in [0.05, 0.1) is 26.4 Å². The van der Waals surface area contributed by atoms with Crippen LogP contribution in [0, 0.1) is 17.8 Å². The number of rotatable bonds is 75. The highest BCUT2D eigenvalue weighted by Gasteiger charge is 2.30. The molecule has 570 valence electrons. The van der Waals surface area contributed by atoms with E-state index in [1.165, 1.54) is 199 Å². The van der Waals surface area contributed by atoms with E-state index < -0.39 is 97.5 Å². The Hall–Kier alpha value is -1.94. The highest BCUT2D eigenvalue weighted by atomic mass is 31.2. The zero-order chi connectivity index (χ0) is 70.9. The van der Waals surface area contributed by atoms with Crippen LogP contribution in [0.1, 0.15) is 395 Å². The lowest BCUT2D eigenvalue weighted by molar-refractivity contribution is -0.161. The molecule has 0 amide bonds. The highest BCUT2D eigenvalue weighted by molar-refractivity contribution is 7.47. The third-order valence-electron chi connectivity index (χ3n) is 18.6. The van der Waals surface area contributed by atoms with Crippen molar-refractivity contribution >= 4 is 39.5 Å². The quantitative estimate of drug-likeness (QED) is 0.0222. The molecule has 4 unspecified atom stereocenters. The number of hydrogen-bond acceptors (Lipinski definition) is 15. The average Bonchev–Trinajstić information content (AvgIpc) is 1.33. The molecule has 0 saturated heterocycles. The van der Waals surface area contributed by atoms with Gasteiger partial charge in [0.15, 0.2) is 12.2 Å². The number of hydrogen-bond donors (Lipinski definition) is 3. The Labute approximate surface area is 588 Å².